The summed E-state index contributed by atoms with van der Waals surface area (Å²) < 4.78 is 5.64. The molecule has 0 aliphatic carbocycles. The number of carboxylic acid groups (broad SMARTS) is 1. The van der Waals surface area contributed by atoms with Crippen LogP contribution in [0.4, 0.5) is 9.59 Å². The Labute approximate surface area is 379 Å². The zero-order chi connectivity index (χ0) is 46.7. The number of likely N-dealkylation sites (N-methyl/N-ethyl adjacent to an activating group) is 1. The molecule has 4 aromatic rings. The summed E-state index contributed by atoms with van der Waals surface area (Å²) in [5.74, 6) is 0.977. The fourth-order valence-electron chi connectivity index (χ4n) is 9.12. The maximum Gasteiger partial charge on any atom is 0.410 e. The Kier molecular flexibility index (Phi) is 14.6. The number of ether oxygens (including phenoxy) is 1. The molecule has 4 amide bonds. The van der Waals surface area contributed by atoms with Crippen molar-refractivity contribution in [1.29, 1.82) is 0 Å². The first kappa shape index (κ1) is 47.8. The van der Waals surface area contributed by atoms with E-state index >= 15 is 0 Å². The summed E-state index contributed by atoms with van der Waals surface area (Å²) in [4.78, 5) is 77.2. The van der Waals surface area contributed by atoms with Gasteiger partial charge in [0.25, 0.3) is 0 Å². The number of aromatic nitrogens is 4. The molecule has 0 unspecified atom stereocenters. The third kappa shape index (κ3) is 10.8. The van der Waals surface area contributed by atoms with Crippen LogP contribution in [0.15, 0.2) is 60.9 Å². The molecular weight excluding hydrogens is 809 g/mol. The summed E-state index contributed by atoms with van der Waals surface area (Å²) in [5, 5.41) is 10.2. The Morgan fingerprint density at radius 2 is 1.28 bits per heavy atom. The van der Waals surface area contributed by atoms with Crippen LogP contribution < -0.4 is 0 Å². The van der Waals surface area contributed by atoms with Gasteiger partial charge < -0.3 is 29.6 Å². The number of likely N-dealkylation sites (tertiary alicyclic amines) is 2. The first-order valence-corrected chi connectivity index (χ1v) is 23.1. The normalized spacial score (nSPS) is 18.7. The summed E-state index contributed by atoms with van der Waals surface area (Å²) in [6.45, 7) is 20.8. The summed E-state index contributed by atoms with van der Waals surface area (Å²) in [6.07, 6.45) is 6.72. The lowest BCUT2D eigenvalue weighted by molar-refractivity contribution is -0.140. The van der Waals surface area contributed by atoms with Crippen molar-refractivity contribution in [2.45, 2.75) is 138 Å². The number of hydrogen-bond acceptors (Lipinski definition) is 7. The number of nitrogens with one attached hydrogen (secondary N) is 2. The quantitative estimate of drug-likeness (QED) is 0.112. The number of nitrogens with zero attached hydrogens (tertiary/aromatic N) is 6. The van der Waals surface area contributed by atoms with Gasteiger partial charge in [0.15, 0.2) is 0 Å². The third-order valence-electron chi connectivity index (χ3n) is 12.8. The van der Waals surface area contributed by atoms with Crippen molar-refractivity contribution in [2.24, 2.45) is 17.3 Å². The molecule has 346 valence electrons. The third-order valence-corrected chi connectivity index (χ3v) is 12.8. The number of carbonyl (C=O) groups is 4. The molecule has 0 saturated carbocycles. The minimum Gasteiger partial charge on any atom is -0.465 e. The molecule has 0 spiro atoms. The van der Waals surface area contributed by atoms with Crippen LogP contribution in [-0.2, 0) is 14.3 Å². The van der Waals surface area contributed by atoms with E-state index in [2.05, 4.69) is 46.4 Å². The van der Waals surface area contributed by atoms with Gasteiger partial charge in [-0.25, -0.2) is 19.6 Å². The van der Waals surface area contributed by atoms with Crippen LogP contribution in [0.3, 0.4) is 0 Å². The van der Waals surface area contributed by atoms with Crippen molar-refractivity contribution in [3.63, 3.8) is 0 Å². The van der Waals surface area contributed by atoms with Crippen molar-refractivity contribution < 1.29 is 29.0 Å². The van der Waals surface area contributed by atoms with Crippen LogP contribution in [0.5, 0.6) is 0 Å². The van der Waals surface area contributed by atoms with Gasteiger partial charge in [0.1, 0.15) is 29.3 Å². The van der Waals surface area contributed by atoms with E-state index in [-0.39, 0.29) is 47.7 Å². The van der Waals surface area contributed by atoms with Crippen molar-refractivity contribution in [3.8, 4) is 33.6 Å². The maximum atomic E-state index is 14.3. The number of carbonyl (C=O) groups excluding carboxylic acids is 3. The highest BCUT2D eigenvalue weighted by Gasteiger charge is 2.43. The van der Waals surface area contributed by atoms with E-state index in [0.717, 1.165) is 71.6 Å². The summed E-state index contributed by atoms with van der Waals surface area (Å²) in [5.41, 5.74) is 4.67. The largest absolute Gasteiger partial charge is 0.465 e. The summed E-state index contributed by atoms with van der Waals surface area (Å²) >= 11 is 0. The van der Waals surface area contributed by atoms with Gasteiger partial charge in [-0.05, 0) is 80.4 Å². The number of imidazole rings is 2. The molecule has 3 N–H and O–H groups in total. The molecule has 2 saturated heterocycles. The molecule has 64 heavy (non-hydrogen) atoms. The highest BCUT2D eigenvalue weighted by atomic mass is 16.6. The van der Waals surface area contributed by atoms with Gasteiger partial charge in [-0.15, -0.1) is 0 Å². The summed E-state index contributed by atoms with van der Waals surface area (Å²) in [6, 6.07) is 14.6. The van der Waals surface area contributed by atoms with Gasteiger partial charge in [0.2, 0.25) is 11.8 Å². The number of H-pyrrole nitrogens is 2. The number of benzene rings is 2. The van der Waals surface area contributed by atoms with E-state index in [1.165, 1.54) is 9.80 Å². The number of amides is 4. The van der Waals surface area contributed by atoms with Crippen LogP contribution in [0.2, 0.25) is 0 Å². The van der Waals surface area contributed by atoms with E-state index in [9.17, 15) is 24.3 Å². The minimum atomic E-state index is -1.07. The van der Waals surface area contributed by atoms with Crippen molar-refractivity contribution in [2.75, 3.05) is 26.7 Å². The van der Waals surface area contributed by atoms with Crippen LogP contribution >= 0.6 is 0 Å². The molecule has 6 atom stereocenters. The van der Waals surface area contributed by atoms with Gasteiger partial charge in [-0.2, -0.15) is 0 Å². The molecule has 2 aromatic carbocycles. The lowest BCUT2D eigenvalue weighted by Crippen LogP contribution is -2.55. The van der Waals surface area contributed by atoms with Gasteiger partial charge in [0, 0.05) is 38.4 Å². The lowest BCUT2D eigenvalue weighted by atomic mass is 9.91. The van der Waals surface area contributed by atoms with Crippen LogP contribution in [-0.4, -0.2) is 113 Å². The molecule has 2 aliphatic rings. The second-order valence-corrected chi connectivity index (χ2v) is 20.1. The highest BCUT2D eigenvalue weighted by Crippen LogP contribution is 2.37. The number of rotatable bonds is 14. The average molecular weight is 879 g/mol. The first-order chi connectivity index (χ1) is 30.2. The molecule has 2 aliphatic heterocycles. The molecule has 2 fully saturated rings. The first-order valence-electron chi connectivity index (χ1n) is 23.1. The Morgan fingerprint density at radius 1 is 0.781 bits per heavy atom. The lowest BCUT2D eigenvalue weighted by Gasteiger charge is -2.39. The molecule has 0 bridgehead atoms. The fourth-order valence-corrected chi connectivity index (χ4v) is 9.12. The SMILES string of the molecule is CC[C@@H](C)[C@@H](C(=O)N1CCC[C@H]1c1ncc(-c2ccc(-c3ccc(-c4c[nH]c([C@@H]5CCCN5C(=O)[C@H]([C@H](C)CC)N(CC(C)(C)C)C(=O)O)n4)cc3)cc2)[nH]1)N(C)C(=O)OC(C)(C)C. The molecule has 14 heteroatoms. The second-order valence-electron chi connectivity index (χ2n) is 20.1. The Morgan fingerprint density at radius 3 is 1.80 bits per heavy atom. The van der Waals surface area contributed by atoms with Crippen LogP contribution in [0, 0.1) is 17.3 Å². The monoisotopic (exact) mass is 879 g/mol. The Bertz CT molecular complexity index is 2240. The van der Waals surface area contributed by atoms with Gasteiger partial charge >= 0.3 is 12.2 Å². The highest BCUT2D eigenvalue weighted by molar-refractivity contribution is 5.87. The fraction of sp³-hybridized carbons (Fsp3) is 0.560. The van der Waals surface area contributed by atoms with E-state index in [0.29, 0.717) is 25.3 Å². The maximum absolute atomic E-state index is 14.3. The van der Waals surface area contributed by atoms with Gasteiger partial charge in [-0.3, -0.25) is 19.4 Å². The van der Waals surface area contributed by atoms with Crippen molar-refractivity contribution in [3.05, 3.63) is 72.6 Å². The minimum absolute atomic E-state index is 0.0644. The average Bonchev–Trinajstić information content (AvgIpc) is 4.09. The van der Waals surface area contributed by atoms with Crippen LogP contribution in [0.1, 0.15) is 131 Å². The van der Waals surface area contributed by atoms with Gasteiger partial charge in [0.05, 0.1) is 29.7 Å². The molecule has 14 nitrogen and oxygen atoms in total. The summed E-state index contributed by atoms with van der Waals surface area (Å²) in [7, 11) is 1.65. The predicted octanol–water partition coefficient (Wildman–Crippen LogP) is 10.2. The van der Waals surface area contributed by atoms with E-state index in [1.807, 2.05) is 104 Å². The van der Waals surface area contributed by atoms with Gasteiger partial charge in [-0.1, -0.05) is 110 Å². The van der Waals surface area contributed by atoms with E-state index < -0.39 is 29.9 Å². The van der Waals surface area contributed by atoms with Crippen molar-refractivity contribution in [1.82, 2.24) is 39.5 Å². The molecule has 2 aromatic heterocycles. The van der Waals surface area contributed by atoms with Crippen molar-refractivity contribution >= 4 is 24.0 Å². The smallest absolute Gasteiger partial charge is 0.410 e. The molecular formula is C50H70N8O6. The Hall–Kier alpha value is -5.66. The predicted molar refractivity (Wildman–Crippen MR) is 249 cm³/mol. The molecule has 0 radical (unpaired) electrons. The molecule has 4 heterocycles. The number of hydrogen-bond donors (Lipinski definition) is 3. The van der Waals surface area contributed by atoms with Crippen LogP contribution in [0.25, 0.3) is 33.6 Å². The Balaban J connectivity index is 1.12. The van der Waals surface area contributed by atoms with E-state index in [1.54, 1.807) is 7.05 Å². The second kappa shape index (κ2) is 19.6. The standard InChI is InChI=1S/C50H70N8O6/c1-12-31(3)41(55(11)48(63)64-50(8,9)10)45(59)56-26-14-16-39(56)43-51-28-37(53-43)35-22-18-33(19-23-35)34-20-24-36(25-21-34)38-29-52-44(54-38)40-17-15-27-57(40)46(60)42(32(4)13-2)58(47(61)62)30-49(5,6)7/h18-25,28-29,31-32,39-42H,12-17,26-27,30H2,1-11H3,(H,51,53)(H,52,54)(H,61,62)/t31-,32-,39+,40+,41+,42+/m1/s1. The zero-order valence-electron chi connectivity index (χ0n) is 39.8. The topological polar surface area (TPSA) is 168 Å². The van der Waals surface area contributed by atoms with E-state index in [4.69, 9.17) is 14.7 Å². The zero-order valence-corrected chi connectivity index (χ0v) is 39.8. The number of aromatic amines is 2. The molecule has 6 rings (SSSR count).